The van der Waals surface area contributed by atoms with E-state index in [0.717, 1.165) is 71.8 Å². The average molecular weight is 512 g/mol. The van der Waals surface area contributed by atoms with Gasteiger partial charge in [-0.2, -0.15) is 10.2 Å². The number of ether oxygens (including phenoxy) is 1. The number of para-hydroxylation sites is 1. The summed E-state index contributed by atoms with van der Waals surface area (Å²) in [6.07, 6.45) is 11.2. The van der Waals surface area contributed by atoms with Crippen LogP contribution in [0.15, 0.2) is 42.9 Å². The van der Waals surface area contributed by atoms with E-state index in [2.05, 4.69) is 20.7 Å². The van der Waals surface area contributed by atoms with Crippen molar-refractivity contribution in [2.75, 3.05) is 12.4 Å². The lowest BCUT2D eigenvalue weighted by Crippen LogP contribution is -2.46. The van der Waals surface area contributed by atoms with Gasteiger partial charge in [-0.25, -0.2) is 4.98 Å². The number of carbonyl (C=O) groups excluding carboxylic acids is 2. The van der Waals surface area contributed by atoms with E-state index >= 15 is 0 Å². The number of fused-ring (bicyclic) bond motifs is 1. The van der Waals surface area contributed by atoms with Crippen LogP contribution in [0.4, 0.5) is 5.82 Å². The van der Waals surface area contributed by atoms with Crippen molar-refractivity contribution in [3.8, 4) is 28.1 Å². The zero-order chi connectivity index (χ0) is 26.0. The molecule has 2 N–H and O–H groups in total. The van der Waals surface area contributed by atoms with Gasteiger partial charge < -0.3 is 15.4 Å². The van der Waals surface area contributed by atoms with Crippen LogP contribution in [-0.2, 0) is 16.6 Å². The van der Waals surface area contributed by atoms with Crippen molar-refractivity contribution < 1.29 is 14.3 Å². The number of anilines is 1. The second kappa shape index (κ2) is 8.41. The van der Waals surface area contributed by atoms with Crippen LogP contribution in [-0.4, -0.2) is 49.0 Å². The second-order valence-corrected chi connectivity index (χ2v) is 10.7. The molecule has 3 aromatic heterocycles. The smallest absolute Gasteiger partial charge is 0.245 e. The van der Waals surface area contributed by atoms with Crippen molar-refractivity contribution in [2.45, 2.75) is 50.1 Å². The third kappa shape index (κ3) is 3.82. The molecule has 4 aromatic rings. The lowest BCUT2D eigenvalue weighted by molar-refractivity contribution is -0.127. The van der Waals surface area contributed by atoms with Crippen LogP contribution in [0.3, 0.4) is 0 Å². The highest BCUT2D eigenvalue weighted by atomic mass is 16.5. The molecule has 38 heavy (non-hydrogen) atoms. The molecule has 3 fully saturated rings. The number of aryl methyl sites for hydroxylation is 1. The van der Waals surface area contributed by atoms with Crippen molar-refractivity contribution in [1.29, 1.82) is 0 Å². The molecule has 0 bridgehead atoms. The Morgan fingerprint density at radius 2 is 1.97 bits per heavy atom. The standard InChI is InChI=1S/C28H29N7O3/c1-34-22-14-29-23(31-26(36)16-6-7-16)12-20(22)24(33-34)19-5-3-4-18(25(19)38-2)17-13-30-35(15-17)21-8-9-28(10-11-28)32-27(21)37/h3-5,12-16,21H,6-11H2,1-2H3,(H,32,37)(H,29,31,36)/t21-/m1/s1. The molecular weight excluding hydrogens is 482 g/mol. The molecule has 2 aliphatic carbocycles. The highest BCUT2D eigenvalue weighted by Gasteiger charge is 2.48. The number of methoxy groups -OCH3 is 1. The van der Waals surface area contributed by atoms with Gasteiger partial charge in [0.15, 0.2) is 0 Å². The number of nitrogens with one attached hydrogen (secondary N) is 2. The maximum Gasteiger partial charge on any atom is 0.245 e. The minimum atomic E-state index is -0.305. The van der Waals surface area contributed by atoms with Gasteiger partial charge in [-0.1, -0.05) is 12.1 Å². The number of hydrogen-bond acceptors (Lipinski definition) is 6. The predicted octanol–water partition coefficient (Wildman–Crippen LogP) is 3.84. The number of rotatable bonds is 6. The maximum atomic E-state index is 12.8. The first-order valence-electron chi connectivity index (χ1n) is 13.1. The fraction of sp³-hybridized carbons (Fsp3) is 0.393. The number of pyridine rings is 1. The Morgan fingerprint density at radius 3 is 2.71 bits per heavy atom. The van der Waals surface area contributed by atoms with Crippen LogP contribution >= 0.6 is 0 Å². The summed E-state index contributed by atoms with van der Waals surface area (Å²) in [6.45, 7) is 0. The van der Waals surface area contributed by atoms with Gasteiger partial charge in [0.05, 0.1) is 25.0 Å². The first kappa shape index (κ1) is 22.9. The van der Waals surface area contributed by atoms with Crippen LogP contribution in [0.2, 0.25) is 0 Å². The molecular formula is C28H29N7O3. The summed E-state index contributed by atoms with van der Waals surface area (Å²) < 4.78 is 9.49. The Bertz CT molecular complexity index is 1600. The molecule has 1 spiro atoms. The Kier molecular flexibility index (Phi) is 5.08. The number of nitrogens with zero attached hydrogens (tertiary/aromatic N) is 5. The summed E-state index contributed by atoms with van der Waals surface area (Å²) in [5, 5.41) is 16.3. The van der Waals surface area contributed by atoms with Gasteiger partial charge in [0.25, 0.3) is 0 Å². The average Bonchev–Trinajstić information content (AvgIpc) is 3.83. The number of carbonyl (C=O) groups is 2. The van der Waals surface area contributed by atoms with Crippen molar-refractivity contribution in [1.82, 2.24) is 29.9 Å². The van der Waals surface area contributed by atoms with E-state index in [0.29, 0.717) is 11.6 Å². The number of hydrogen-bond donors (Lipinski definition) is 2. The summed E-state index contributed by atoms with van der Waals surface area (Å²) in [5.41, 5.74) is 4.17. The third-order valence-electron chi connectivity index (χ3n) is 8.08. The fourth-order valence-electron chi connectivity index (χ4n) is 5.54. The lowest BCUT2D eigenvalue weighted by atomic mass is 9.98. The van der Waals surface area contributed by atoms with Crippen LogP contribution in [0, 0.1) is 5.92 Å². The van der Waals surface area contributed by atoms with Gasteiger partial charge in [-0.05, 0) is 50.7 Å². The molecule has 10 heteroatoms. The molecule has 1 atom stereocenters. The fourth-order valence-corrected chi connectivity index (χ4v) is 5.54. The van der Waals surface area contributed by atoms with E-state index in [-0.39, 0.29) is 29.3 Å². The van der Waals surface area contributed by atoms with Crippen molar-refractivity contribution in [2.24, 2.45) is 13.0 Å². The highest BCUT2D eigenvalue weighted by Crippen LogP contribution is 2.45. The normalized spacial score (nSPS) is 19.9. The van der Waals surface area contributed by atoms with E-state index in [4.69, 9.17) is 9.84 Å². The predicted molar refractivity (Wildman–Crippen MR) is 141 cm³/mol. The highest BCUT2D eigenvalue weighted by molar-refractivity contribution is 6.00. The van der Waals surface area contributed by atoms with Crippen LogP contribution in [0.5, 0.6) is 5.75 Å². The van der Waals surface area contributed by atoms with Crippen molar-refractivity contribution in [3.05, 3.63) is 42.9 Å². The number of benzene rings is 1. The summed E-state index contributed by atoms with van der Waals surface area (Å²) in [6, 6.07) is 7.49. The molecule has 0 radical (unpaired) electrons. The third-order valence-corrected chi connectivity index (χ3v) is 8.08. The Labute approximate surface area is 219 Å². The summed E-state index contributed by atoms with van der Waals surface area (Å²) in [5.74, 6) is 1.32. The molecule has 1 saturated heterocycles. The molecule has 2 saturated carbocycles. The van der Waals surface area contributed by atoms with E-state index in [1.807, 2.05) is 37.5 Å². The largest absolute Gasteiger partial charge is 0.495 e. The molecule has 1 aromatic carbocycles. The van der Waals surface area contributed by atoms with Gasteiger partial charge >= 0.3 is 0 Å². The Hall–Kier alpha value is -4.21. The van der Waals surface area contributed by atoms with Gasteiger partial charge in [-0.15, -0.1) is 0 Å². The van der Waals surface area contributed by atoms with E-state index in [1.165, 1.54) is 0 Å². The molecule has 0 unspecified atom stereocenters. The summed E-state index contributed by atoms with van der Waals surface area (Å²) in [7, 11) is 3.52. The molecule has 2 amide bonds. The first-order valence-corrected chi connectivity index (χ1v) is 13.1. The number of piperidine rings is 1. The maximum absolute atomic E-state index is 12.8. The molecule has 194 valence electrons. The van der Waals surface area contributed by atoms with E-state index < -0.39 is 0 Å². The monoisotopic (exact) mass is 511 g/mol. The molecule has 7 rings (SSSR count). The summed E-state index contributed by atoms with van der Waals surface area (Å²) >= 11 is 0. The van der Waals surface area contributed by atoms with E-state index in [1.54, 1.807) is 28.9 Å². The van der Waals surface area contributed by atoms with E-state index in [9.17, 15) is 9.59 Å². The van der Waals surface area contributed by atoms with Crippen molar-refractivity contribution >= 4 is 28.5 Å². The molecule has 10 nitrogen and oxygen atoms in total. The number of aromatic nitrogens is 5. The van der Waals surface area contributed by atoms with Gasteiger partial charge in [0, 0.05) is 46.8 Å². The van der Waals surface area contributed by atoms with Crippen LogP contribution < -0.4 is 15.4 Å². The van der Waals surface area contributed by atoms with Crippen LogP contribution in [0.1, 0.15) is 44.6 Å². The lowest BCUT2D eigenvalue weighted by Gasteiger charge is -2.29. The first-order chi connectivity index (χ1) is 18.4. The quantitative estimate of drug-likeness (QED) is 0.406. The summed E-state index contributed by atoms with van der Waals surface area (Å²) in [4.78, 5) is 29.5. The Morgan fingerprint density at radius 1 is 1.16 bits per heavy atom. The molecule has 1 aliphatic heterocycles. The topological polar surface area (TPSA) is 116 Å². The zero-order valence-corrected chi connectivity index (χ0v) is 21.4. The Balaban J connectivity index is 1.25. The molecule has 4 heterocycles. The second-order valence-electron chi connectivity index (χ2n) is 10.7. The minimum absolute atomic E-state index is 0.0119. The number of amides is 2. The zero-order valence-electron chi connectivity index (χ0n) is 21.4. The van der Waals surface area contributed by atoms with Gasteiger partial charge in [0.1, 0.15) is 23.3 Å². The van der Waals surface area contributed by atoms with Crippen LogP contribution in [0.25, 0.3) is 33.3 Å². The van der Waals surface area contributed by atoms with Gasteiger partial charge in [-0.3, -0.25) is 19.0 Å². The van der Waals surface area contributed by atoms with Crippen molar-refractivity contribution in [3.63, 3.8) is 0 Å². The van der Waals surface area contributed by atoms with Gasteiger partial charge in [0.2, 0.25) is 11.8 Å². The minimum Gasteiger partial charge on any atom is -0.495 e. The SMILES string of the molecule is COc1c(-c2cnn([C@@H]3CCC4(CC4)NC3=O)c2)cccc1-c1nn(C)c2cnc(NC(=O)C3CC3)cc12. The molecule has 3 aliphatic rings.